The van der Waals surface area contributed by atoms with Gasteiger partial charge in [-0.25, -0.2) is 4.98 Å². The Morgan fingerprint density at radius 3 is 2.79 bits per heavy atom. The molecule has 5 aromatic rings. The Morgan fingerprint density at radius 2 is 2.00 bits per heavy atom. The summed E-state index contributed by atoms with van der Waals surface area (Å²) in [7, 11) is 0. The average Bonchev–Trinajstić information content (AvgIpc) is 3.60. The summed E-state index contributed by atoms with van der Waals surface area (Å²) in [5.74, 6) is 3.01. The van der Waals surface area contributed by atoms with Crippen molar-refractivity contribution >= 4 is 34.7 Å². The van der Waals surface area contributed by atoms with Gasteiger partial charge < -0.3 is 9.15 Å². The number of ether oxygens (including phenoxy) is 1. The van der Waals surface area contributed by atoms with Crippen molar-refractivity contribution in [2.75, 3.05) is 0 Å². The summed E-state index contributed by atoms with van der Waals surface area (Å²) in [5.41, 5.74) is 1.87. The van der Waals surface area contributed by atoms with Crippen molar-refractivity contribution < 1.29 is 9.15 Å². The molecule has 33 heavy (non-hydrogen) atoms. The molecule has 0 saturated heterocycles. The Bertz CT molecular complexity index is 1300. The molecule has 0 radical (unpaired) electrons. The van der Waals surface area contributed by atoms with Gasteiger partial charge >= 0.3 is 0 Å². The van der Waals surface area contributed by atoms with E-state index in [0.717, 1.165) is 38.8 Å². The van der Waals surface area contributed by atoms with E-state index in [1.165, 1.54) is 0 Å². The number of thiazole rings is 1. The van der Waals surface area contributed by atoms with Gasteiger partial charge in [0.2, 0.25) is 0 Å². The second-order valence-electron chi connectivity index (χ2n) is 6.98. The molecule has 7 nitrogen and oxygen atoms in total. The van der Waals surface area contributed by atoms with E-state index in [-0.39, 0.29) is 0 Å². The molecule has 4 heterocycles. The Balaban J connectivity index is 1.27. The minimum absolute atomic E-state index is 0.413. The zero-order chi connectivity index (χ0) is 22.5. The Kier molecular flexibility index (Phi) is 6.71. The Hall–Kier alpha value is -3.14. The summed E-state index contributed by atoms with van der Waals surface area (Å²) < 4.78 is 13.4. The van der Waals surface area contributed by atoms with Crippen molar-refractivity contribution in [1.82, 2.24) is 24.7 Å². The van der Waals surface area contributed by atoms with Gasteiger partial charge in [-0.1, -0.05) is 23.4 Å². The van der Waals surface area contributed by atoms with E-state index in [1.807, 2.05) is 46.3 Å². The molecule has 0 aliphatic carbocycles. The van der Waals surface area contributed by atoms with Crippen LogP contribution < -0.4 is 4.74 Å². The van der Waals surface area contributed by atoms with E-state index < -0.39 is 0 Å². The van der Waals surface area contributed by atoms with Gasteiger partial charge in [-0.2, -0.15) is 0 Å². The minimum atomic E-state index is 0.413. The van der Waals surface area contributed by atoms with Crippen LogP contribution in [0.25, 0.3) is 11.4 Å². The van der Waals surface area contributed by atoms with E-state index in [0.29, 0.717) is 23.9 Å². The third kappa shape index (κ3) is 5.44. The third-order valence-electron chi connectivity index (χ3n) is 4.66. The quantitative estimate of drug-likeness (QED) is 0.233. The number of furan rings is 1. The predicted molar refractivity (Wildman–Crippen MR) is 129 cm³/mol. The summed E-state index contributed by atoms with van der Waals surface area (Å²) in [6.07, 6.45) is 5.19. The van der Waals surface area contributed by atoms with Crippen molar-refractivity contribution in [3.05, 3.63) is 94.1 Å². The number of thioether (sulfide) groups is 1. The standard InChI is InChI=1S/C23H18ClN5O2S2/c24-17-5-7-19(8-6-17)31-13-21-26-18(14-32-21)15-33-23-28-27-22(16-3-1-9-25-11-16)29(23)12-20-4-2-10-30-20/h1-11,14H,12-13,15H2. The maximum Gasteiger partial charge on any atom is 0.192 e. The number of rotatable bonds is 9. The summed E-state index contributed by atoms with van der Waals surface area (Å²) in [6, 6.07) is 15.0. The highest BCUT2D eigenvalue weighted by atomic mass is 35.5. The fourth-order valence-electron chi connectivity index (χ4n) is 3.10. The molecule has 10 heteroatoms. The fourth-order valence-corrected chi connectivity index (χ4v) is 4.87. The van der Waals surface area contributed by atoms with Crippen molar-refractivity contribution in [3.8, 4) is 17.1 Å². The number of hydrogen-bond donors (Lipinski definition) is 0. The van der Waals surface area contributed by atoms with Crippen LogP contribution in [0, 0.1) is 0 Å². The molecule has 0 atom stereocenters. The predicted octanol–water partition coefficient (Wildman–Crippen LogP) is 5.96. The van der Waals surface area contributed by atoms with Crippen LogP contribution >= 0.6 is 34.7 Å². The van der Waals surface area contributed by atoms with Gasteiger partial charge in [0.15, 0.2) is 11.0 Å². The first kappa shape index (κ1) is 21.7. The lowest BCUT2D eigenvalue weighted by Crippen LogP contribution is -2.03. The first-order valence-corrected chi connectivity index (χ1v) is 12.3. The number of nitrogens with zero attached hydrogens (tertiary/aromatic N) is 5. The molecule has 0 aliphatic rings. The molecule has 0 aliphatic heterocycles. The van der Waals surface area contributed by atoms with Gasteiger partial charge in [0.25, 0.3) is 0 Å². The van der Waals surface area contributed by atoms with Crippen LogP contribution in [0.1, 0.15) is 16.5 Å². The topological polar surface area (TPSA) is 78.9 Å². The second kappa shape index (κ2) is 10.2. The monoisotopic (exact) mass is 495 g/mol. The zero-order valence-corrected chi connectivity index (χ0v) is 19.7. The summed E-state index contributed by atoms with van der Waals surface area (Å²) in [4.78, 5) is 8.90. The largest absolute Gasteiger partial charge is 0.486 e. The highest BCUT2D eigenvalue weighted by molar-refractivity contribution is 7.98. The smallest absolute Gasteiger partial charge is 0.192 e. The molecule has 0 unspecified atom stereocenters. The molecule has 0 fully saturated rings. The van der Waals surface area contributed by atoms with Crippen LogP contribution in [0.4, 0.5) is 0 Å². The normalized spacial score (nSPS) is 11.1. The Morgan fingerprint density at radius 1 is 1.09 bits per heavy atom. The summed E-state index contributed by atoms with van der Waals surface area (Å²) >= 11 is 9.07. The van der Waals surface area contributed by atoms with Crippen molar-refractivity contribution in [2.45, 2.75) is 24.1 Å². The molecule has 0 saturated carbocycles. The Labute approximate surface area is 203 Å². The first-order valence-electron chi connectivity index (χ1n) is 10.0. The van der Waals surface area contributed by atoms with Gasteiger partial charge in [-0.05, 0) is 48.5 Å². The lowest BCUT2D eigenvalue weighted by Gasteiger charge is -2.08. The molecule has 0 amide bonds. The van der Waals surface area contributed by atoms with Crippen molar-refractivity contribution in [1.29, 1.82) is 0 Å². The first-order chi connectivity index (χ1) is 16.2. The average molecular weight is 496 g/mol. The maximum absolute atomic E-state index is 5.92. The van der Waals surface area contributed by atoms with E-state index >= 15 is 0 Å². The molecule has 5 rings (SSSR count). The van der Waals surface area contributed by atoms with E-state index in [2.05, 4.69) is 20.2 Å². The molecular weight excluding hydrogens is 478 g/mol. The third-order valence-corrected chi connectivity index (χ3v) is 6.78. The molecule has 0 N–H and O–H groups in total. The minimum Gasteiger partial charge on any atom is -0.486 e. The van der Waals surface area contributed by atoms with Gasteiger partial charge in [-0.15, -0.1) is 21.5 Å². The van der Waals surface area contributed by atoms with Crippen molar-refractivity contribution in [3.63, 3.8) is 0 Å². The van der Waals surface area contributed by atoms with Crippen LogP contribution in [-0.4, -0.2) is 24.7 Å². The highest BCUT2D eigenvalue weighted by Gasteiger charge is 2.16. The molecule has 166 valence electrons. The zero-order valence-electron chi connectivity index (χ0n) is 17.3. The molecule has 0 bridgehead atoms. The molecule has 0 spiro atoms. The second-order valence-corrected chi connectivity index (χ2v) is 9.30. The lowest BCUT2D eigenvalue weighted by atomic mass is 10.2. The SMILES string of the molecule is Clc1ccc(OCc2nc(CSc3nnc(-c4cccnc4)n3Cc3ccco3)cs2)cc1. The van der Waals surface area contributed by atoms with Crippen LogP contribution in [0.3, 0.4) is 0 Å². The van der Waals surface area contributed by atoms with Gasteiger partial charge in [0.1, 0.15) is 23.1 Å². The van der Waals surface area contributed by atoms with Crippen LogP contribution in [0.2, 0.25) is 5.02 Å². The lowest BCUT2D eigenvalue weighted by molar-refractivity contribution is 0.305. The summed E-state index contributed by atoms with van der Waals surface area (Å²) in [5, 5.41) is 13.3. The number of benzene rings is 1. The molecule has 4 aromatic heterocycles. The summed E-state index contributed by atoms with van der Waals surface area (Å²) in [6.45, 7) is 0.945. The van der Waals surface area contributed by atoms with Crippen LogP contribution in [0.15, 0.2) is 82.1 Å². The molecule has 1 aromatic carbocycles. The van der Waals surface area contributed by atoms with E-state index in [4.69, 9.17) is 20.8 Å². The van der Waals surface area contributed by atoms with E-state index in [9.17, 15) is 0 Å². The number of halogens is 1. The maximum atomic E-state index is 5.92. The van der Waals surface area contributed by atoms with Gasteiger partial charge in [0.05, 0.1) is 18.5 Å². The van der Waals surface area contributed by atoms with E-state index in [1.54, 1.807) is 53.9 Å². The van der Waals surface area contributed by atoms with Gasteiger partial charge in [-0.3, -0.25) is 9.55 Å². The number of hydrogen-bond acceptors (Lipinski definition) is 8. The molecular formula is C23H18ClN5O2S2. The number of aromatic nitrogens is 5. The van der Waals surface area contributed by atoms with Crippen LogP contribution in [0.5, 0.6) is 5.75 Å². The highest BCUT2D eigenvalue weighted by Crippen LogP contribution is 2.28. The van der Waals surface area contributed by atoms with Gasteiger partial charge in [0, 0.05) is 34.1 Å². The van der Waals surface area contributed by atoms with Crippen LogP contribution in [-0.2, 0) is 18.9 Å². The number of pyridine rings is 1. The fraction of sp³-hybridized carbons (Fsp3) is 0.130. The van der Waals surface area contributed by atoms with Crippen molar-refractivity contribution in [2.24, 2.45) is 0 Å².